The molecule has 4 heteroatoms. The van der Waals surface area contributed by atoms with Crippen molar-refractivity contribution in [3.8, 4) is 0 Å². The molecule has 0 bridgehead atoms. The molecule has 26 heavy (non-hydrogen) atoms. The van der Waals surface area contributed by atoms with Crippen molar-refractivity contribution in [2.75, 3.05) is 6.54 Å². The largest absolute Gasteiger partial charge is 0.345 e. The van der Waals surface area contributed by atoms with Gasteiger partial charge in [-0.3, -0.25) is 9.59 Å². The van der Waals surface area contributed by atoms with Gasteiger partial charge < -0.3 is 10.2 Å². The summed E-state index contributed by atoms with van der Waals surface area (Å²) in [5.74, 6) is 0.699. The molecule has 1 unspecified atom stereocenters. The van der Waals surface area contributed by atoms with E-state index in [1.807, 2.05) is 47.4 Å². The van der Waals surface area contributed by atoms with Gasteiger partial charge in [0, 0.05) is 25.1 Å². The third kappa shape index (κ3) is 3.79. The Bertz CT molecular complexity index is 799. The van der Waals surface area contributed by atoms with Crippen LogP contribution in [-0.4, -0.2) is 23.3 Å². The second-order valence-electron chi connectivity index (χ2n) is 7.32. The molecule has 2 fully saturated rings. The zero-order chi connectivity index (χ0) is 17.9. The van der Waals surface area contributed by atoms with Crippen LogP contribution in [0.1, 0.15) is 53.2 Å². The van der Waals surface area contributed by atoms with E-state index in [0.29, 0.717) is 24.4 Å². The number of carbonyl (C=O) groups is 2. The fourth-order valence-electron chi connectivity index (χ4n) is 3.69. The first-order valence-electron chi connectivity index (χ1n) is 9.43. The fourth-order valence-corrected chi connectivity index (χ4v) is 3.69. The molecule has 2 aromatic carbocycles. The molecule has 0 spiro atoms. The number of amides is 2. The first-order chi connectivity index (χ1) is 12.7. The molecule has 134 valence electrons. The Morgan fingerprint density at radius 1 is 1.12 bits per heavy atom. The van der Waals surface area contributed by atoms with Crippen LogP contribution in [0.15, 0.2) is 54.6 Å². The lowest BCUT2D eigenvalue weighted by Crippen LogP contribution is -2.30. The van der Waals surface area contributed by atoms with Crippen LogP contribution in [0, 0.1) is 5.92 Å². The second kappa shape index (κ2) is 7.32. The molecule has 2 amide bonds. The van der Waals surface area contributed by atoms with Crippen LogP contribution in [0.25, 0.3) is 0 Å². The fraction of sp³-hybridized carbons (Fsp3) is 0.364. The van der Waals surface area contributed by atoms with E-state index in [9.17, 15) is 9.59 Å². The van der Waals surface area contributed by atoms with E-state index in [1.165, 1.54) is 5.56 Å². The first kappa shape index (κ1) is 16.8. The quantitative estimate of drug-likeness (QED) is 0.865. The van der Waals surface area contributed by atoms with Gasteiger partial charge in [0.25, 0.3) is 5.91 Å². The normalized spacial score (nSPS) is 18.0. The van der Waals surface area contributed by atoms with E-state index in [4.69, 9.17) is 0 Å². The van der Waals surface area contributed by atoms with Gasteiger partial charge in [0.2, 0.25) is 5.91 Å². The van der Waals surface area contributed by atoms with Crippen LogP contribution in [0.3, 0.4) is 0 Å². The van der Waals surface area contributed by atoms with Crippen LogP contribution in [-0.2, 0) is 11.3 Å². The van der Waals surface area contributed by atoms with Crippen molar-refractivity contribution < 1.29 is 9.59 Å². The predicted octanol–water partition coefficient (Wildman–Crippen LogP) is 3.69. The molecule has 4 rings (SSSR count). The molecule has 2 aliphatic rings. The standard InChI is InChI=1S/C22H24N2O2/c25-20-10-5-13-24(20)15-16-6-4-9-19(14-16)22(26)23-21(18-11-12-18)17-7-2-1-3-8-17/h1-4,6-9,14,18,21H,5,10-13,15H2,(H,23,26). The van der Waals surface area contributed by atoms with Crippen molar-refractivity contribution in [3.63, 3.8) is 0 Å². The van der Waals surface area contributed by atoms with Crippen molar-refractivity contribution in [3.05, 3.63) is 71.3 Å². The number of benzene rings is 2. The number of carbonyl (C=O) groups excluding carboxylic acids is 2. The minimum atomic E-state index is -0.0413. The molecule has 1 aliphatic carbocycles. The highest BCUT2D eigenvalue weighted by atomic mass is 16.2. The smallest absolute Gasteiger partial charge is 0.251 e. The van der Waals surface area contributed by atoms with Crippen LogP contribution in [0.2, 0.25) is 0 Å². The molecule has 1 atom stereocenters. The van der Waals surface area contributed by atoms with Gasteiger partial charge in [0.1, 0.15) is 0 Å². The van der Waals surface area contributed by atoms with E-state index >= 15 is 0 Å². The molecule has 1 heterocycles. The molecule has 0 aromatic heterocycles. The molecule has 1 saturated heterocycles. The lowest BCUT2D eigenvalue weighted by molar-refractivity contribution is -0.128. The number of likely N-dealkylation sites (tertiary alicyclic amines) is 1. The molecule has 1 N–H and O–H groups in total. The maximum absolute atomic E-state index is 12.8. The zero-order valence-electron chi connectivity index (χ0n) is 14.9. The van der Waals surface area contributed by atoms with E-state index < -0.39 is 0 Å². The van der Waals surface area contributed by atoms with Crippen LogP contribution >= 0.6 is 0 Å². The third-order valence-corrected chi connectivity index (χ3v) is 5.27. The summed E-state index contributed by atoms with van der Waals surface area (Å²) in [4.78, 5) is 26.5. The Labute approximate surface area is 154 Å². The van der Waals surface area contributed by atoms with Gasteiger partial charge in [0.15, 0.2) is 0 Å². The molecule has 1 aliphatic heterocycles. The summed E-state index contributed by atoms with van der Waals surface area (Å²) in [7, 11) is 0. The number of hydrogen-bond acceptors (Lipinski definition) is 2. The molecular weight excluding hydrogens is 324 g/mol. The first-order valence-corrected chi connectivity index (χ1v) is 9.43. The van der Waals surface area contributed by atoms with Crippen LogP contribution < -0.4 is 5.32 Å². The Morgan fingerprint density at radius 3 is 2.62 bits per heavy atom. The van der Waals surface area contributed by atoms with Gasteiger partial charge in [-0.25, -0.2) is 0 Å². The third-order valence-electron chi connectivity index (χ3n) is 5.27. The van der Waals surface area contributed by atoms with E-state index in [0.717, 1.165) is 31.4 Å². The van der Waals surface area contributed by atoms with Gasteiger partial charge in [-0.05, 0) is 48.4 Å². The molecular formula is C22H24N2O2. The van der Waals surface area contributed by atoms with E-state index in [1.54, 1.807) is 0 Å². The lowest BCUT2D eigenvalue weighted by Gasteiger charge is -2.20. The van der Waals surface area contributed by atoms with Gasteiger partial charge >= 0.3 is 0 Å². The maximum Gasteiger partial charge on any atom is 0.251 e. The van der Waals surface area contributed by atoms with Crippen LogP contribution in [0.4, 0.5) is 0 Å². The summed E-state index contributed by atoms with van der Waals surface area (Å²) >= 11 is 0. The van der Waals surface area contributed by atoms with Gasteiger partial charge in [-0.15, -0.1) is 0 Å². The van der Waals surface area contributed by atoms with Crippen molar-refractivity contribution in [2.24, 2.45) is 5.92 Å². The highest BCUT2D eigenvalue weighted by Crippen LogP contribution is 2.41. The van der Waals surface area contributed by atoms with Crippen molar-refractivity contribution >= 4 is 11.8 Å². The summed E-state index contributed by atoms with van der Waals surface area (Å²) in [6, 6.07) is 17.9. The van der Waals surface area contributed by atoms with Crippen molar-refractivity contribution in [1.82, 2.24) is 10.2 Å². The monoisotopic (exact) mass is 348 g/mol. The topological polar surface area (TPSA) is 49.4 Å². The number of nitrogens with one attached hydrogen (secondary N) is 1. The Morgan fingerprint density at radius 2 is 1.92 bits per heavy atom. The number of nitrogens with zero attached hydrogens (tertiary/aromatic N) is 1. The zero-order valence-corrected chi connectivity index (χ0v) is 14.9. The summed E-state index contributed by atoms with van der Waals surface area (Å²) in [6.45, 7) is 1.40. The van der Waals surface area contributed by atoms with E-state index in [2.05, 4.69) is 17.4 Å². The highest BCUT2D eigenvalue weighted by Gasteiger charge is 2.33. The number of hydrogen-bond donors (Lipinski definition) is 1. The summed E-state index contributed by atoms with van der Waals surface area (Å²) in [5, 5.41) is 3.22. The average Bonchev–Trinajstić information content (AvgIpc) is 3.44. The molecule has 4 nitrogen and oxygen atoms in total. The lowest BCUT2D eigenvalue weighted by atomic mass is 10.0. The SMILES string of the molecule is O=C(NC(c1ccccc1)C1CC1)c1cccc(CN2CCCC2=O)c1. The minimum absolute atomic E-state index is 0.0413. The molecule has 2 aromatic rings. The van der Waals surface area contributed by atoms with Gasteiger partial charge in [-0.1, -0.05) is 42.5 Å². The van der Waals surface area contributed by atoms with Gasteiger partial charge in [-0.2, -0.15) is 0 Å². The molecule has 1 saturated carbocycles. The van der Waals surface area contributed by atoms with Gasteiger partial charge in [0.05, 0.1) is 6.04 Å². The summed E-state index contributed by atoms with van der Waals surface area (Å²) in [5.41, 5.74) is 2.84. The highest BCUT2D eigenvalue weighted by molar-refractivity contribution is 5.94. The Hall–Kier alpha value is -2.62. The maximum atomic E-state index is 12.8. The summed E-state index contributed by atoms with van der Waals surface area (Å²) in [6.07, 6.45) is 3.90. The number of rotatable bonds is 6. The van der Waals surface area contributed by atoms with E-state index in [-0.39, 0.29) is 17.9 Å². The van der Waals surface area contributed by atoms with Crippen LogP contribution in [0.5, 0.6) is 0 Å². The predicted molar refractivity (Wildman–Crippen MR) is 100 cm³/mol. The average molecular weight is 348 g/mol. The second-order valence-corrected chi connectivity index (χ2v) is 7.32. The summed E-state index contributed by atoms with van der Waals surface area (Å²) < 4.78 is 0. The Balaban J connectivity index is 1.47. The molecule has 0 radical (unpaired) electrons. The van der Waals surface area contributed by atoms with Crippen molar-refractivity contribution in [1.29, 1.82) is 0 Å². The Kier molecular flexibility index (Phi) is 4.74. The van der Waals surface area contributed by atoms with Crippen molar-refractivity contribution in [2.45, 2.75) is 38.3 Å². The minimum Gasteiger partial charge on any atom is -0.345 e.